The molecular weight excluding hydrogens is 1060 g/mol. The van der Waals surface area contributed by atoms with Crippen molar-refractivity contribution in [3.8, 4) is 69.0 Å². The third kappa shape index (κ3) is 14.4. The molecule has 5 atom stereocenters. The predicted molar refractivity (Wildman–Crippen MR) is 262 cm³/mol. The maximum absolute atomic E-state index is 13.7. The Balaban J connectivity index is 1.85. The van der Waals surface area contributed by atoms with E-state index in [9.17, 15) is 57.5 Å². The van der Waals surface area contributed by atoms with E-state index in [4.69, 9.17) is 66.3 Å². The number of fused-ring (bicyclic) bond motifs is 2. The molecule has 0 aliphatic carbocycles. The molecule has 80 heavy (non-hydrogen) atoms. The molecule has 0 fully saturated rings. The molecule has 0 unspecified atom stereocenters. The normalized spacial score (nSPS) is 16.6. The van der Waals surface area contributed by atoms with Crippen LogP contribution in [0.15, 0.2) is 42.5 Å². The summed E-state index contributed by atoms with van der Waals surface area (Å²) in [6.07, 6.45) is -7.36. The van der Waals surface area contributed by atoms with Crippen LogP contribution in [-0.2, 0) is 73.4 Å². The Kier molecular flexibility index (Phi) is 18.3. The van der Waals surface area contributed by atoms with Crippen LogP contribution in [0.5, 0.6) is 69.0 Å². The number of esters is 12. The molecule has 0 spiro atoms. The highest BCUT2D eigenvalue weighted by atomic mass is 16.6. The fourth-order valence-electron chi connectivity index (χ4n) is 8.70. The van der Waals surface area contributed by atoms with Gasteiger partial charge in [0.25, 0.3) is 0 Å². The molecule has 26 nitrogen and oxygen atoms in total. The van der Waals surface area contributed by atoms with E-state index in [-0.39, 0.29) is 45.1 Å². The van der Waals surface area contributed by atoms with Gasteiger partial charge in [-0.1, -0.05) is 0 Å². The number of hydrogen-bond acceptors (Lipinski definition) is 26. The molecule has 0 saturated heterocycles. The largest absolute Gasteiger partial charge is 0.481 e. The second-order valence-electron chi connectivity index (χ2n) is 17.5. The van der Waals surface area contributed by atoms with Crippen LogP contribution in [0.1, 0.15) is 129 Å². The summed E-state index contributed by atoms with van der Waals surface area (Å²) >= 11 is 0. The van der Waals surface area contributed by atoms with Crippen LogP contribution < -0.4 is 56.8 Å². The Labute approximate surface area is 453 Å². The van der Waals surface area contributed by atoms with Crippen LogP contribution in [0.25, 0.3) is 0 Å². The zero-order valence-corrected chi connectivity index (χ0v) is 44.7. The summed E-state index contributed by atoms with van der Waals surface area (Å²) in [5, 5.41) is 0. The molecule has 422 valence electrons. The minimum Gasteiger partial charge on any atom is -0.481 e. The minimum atomic E-state index is -1.90. The fraction of sp³-hybridized carbons (Fsp3) is 0.333. The summed E-state index contributed by atoms with van der Waals surface area (Å²) in [6, 6.07) is 7.78. The van der Waals surface area contributed by atoms with Crippen molar-refractivity contribution in [3.05, 3.63) is 70.3 Å². The molecule has 0 aromatic heterocycles. The molecule has 0 N–H and O–H groups in total. The zero-order valence-electron chi connectivity index (χ0n) is 44.7. The summed E-state index contributed by atoms with van der Waals surface area (Å²) in [7, 11) is 0. The van der Waals surface area contributed by atoms with Crippen LogP contribution in [0, 0.1) is 0 Å². The lowest BCUT2D eigenvalue weighted by Crippen LogP contribution is -2.40. The van der Waals surface area contributed by atoms with Gasteiger partial charge in [-0.15, -0.1) is 0 Å². The molecule has 0 radical (unpaired) electrons. The van der Waals surface area contributed by atoms with E-state index in [1.165, 1.54) is 0 Å². The van der Waals surface area contributed by atoms with Crippen LogP contribution in [-0.4, -0.2) is 83.8 Å². The number of carbonyl (C=O) groups excluding carboxylic acids is 12. The summed E-state index contributed by atoms with van der Waals surface area (Å²) < 4.78 is 80.9. The average Bonchev–Trinajstić information content (AvgIpc) is 3.51. The smallest absolute Gasteiger partial charge is 0.308 e. The standard InChI is InChI=1S/C54H50O26/c1-21(55)67-35-17-38(69-23(3)57)46-39(18-35)79-50(34-15-43(73-27(7)61)53(77-31(11)65)44(16-34)74-28(8)62)54(78-32(12)66)48(46)47-40(70-24(4)58)20-37(68-22(2)56)36-19-45(75-29(9)63)49(80-51(36)47)33-13-41(71-25(5)59)52(76-30(10)64)42(14-33)72-26(6)60/h13-18,20,45,48-50,54H,19H2,1-12H3/t45-,48+,49+,50+,54+/m0/s1. The van der Waals surface area contributed by atoms with E-state index in [0.29, 0.717) is 0 Å². The highest BCUT2D eigenvalue weighted by Crippen LogP contribution is 2.60. The molecule has 2 heterocycles. The van der Waals surface area contributed by atoms with Crippen LogP contribution in [0.2, 0.25) is 0 Å². The van der Waals surface area contributed by atoms with Crippen molar-refractivity contribution in [1.82, 2.24) is 0 Å². The van der Waals surface area contributed by atoms with Gasteiger partial charge in [0.05, 0.1) is 5.92 Å². The van der Waals surface area contributed by atoms with Crippen LogP contribution in [0.3, 0.4) is 0 Å². The van der Waals surface area contributed by atoms with Crippen molar-refractivity contribution in [3.63, 3.8) is 0 Å². The Morgan fingerprint density at radius 3 is 1.14 bits per heavy atom. The molecule has 26 heteroatoms. The van der Waals surface area contributed by atoms with E-state index in [1.54, 1.807) is 0 Å². The lowest BCUT2D eigenvalue weighted by Gasteiger charge is -2.42. The van der Waals surface area contributed by atoms with Gasteiger partial charge >= 0.3 is 71.6 Å². The van der Waals surface area contributed by atoms with E-state index in [2.05, 4.69) is 0 Å². The summed E-state index contributed by atoms with van der Waals surface area (Å²) in [6.45, 7) is 12.1. The van der Waals surface area contributed by atoms with Gasteiger partial charge in [-0.25, -0.2) is 0 Å². The maximum Gasteiger partial charge on any atom is 0.308 e. The van der Waals surface area contributed by atoms with Crippen molar-refractivity contribution < 1.29 is 124 Å². The van der Waals surface area contributed by atoms with Gasteiger partial charge in [-0.05, 0) is 24.3 Å². The van der Waals surface area contributed by atoms with E-state index < -0.39 is 160 Å². The fourth-order valence-corrected chi connectivity index (χ4v) is 8.70. The third-order valence-electron chi connectivity index (χ3n) is 10.8. The first-order valence-electron chi connectivity index (χ1n) is 23.7. The number of carbonyl (C=O) groups is 12. The van der Waals surface area contributed by atoms with Crippen LogP contribution in [0.4, 0.5) is 0 Å². The Bertz CT molecular complexity index is 3220. The molecule has 0 amide bonds. The Hall–Kier alpha value is -9.88. The first kappa shape index (κ1) is 59.4. The quantitative estimate of drug-likeness (QED) is 0.101. The molecule has 6 rings (SSSR count). The van der Waals surface area contributed by atoms with Gasteiger partial charge in [0.2, 0.25) is 11.5 Å². The maximum atomic E-state index is 13.7. The molecule has 4 aromatic rings. The van der Waals surface area contributed by atoms with Crippen LogP contribution >= 0.6 is 0 Å². The monoisotopic (exact) mass is 1110 g/mol. The highest BCUT2D eigenvalue weighted by molar-refractivity contribution is 5.82. The van der Waals surface area contributed by atoms with Gasteiger partial charge in [-0.3, -0.25) is 57.5 Å². The Morgan fingerprint density at radius 2 is 0.738 bits per heavy atom. The summed E-state index contributed by atoms with van der Waals surface area (Å²) in [4.78, 5) is 154. The zero-order chi connectivity index (χ0) is 59.2. The van der Waals surface area contributed by atoms with Crippen molar-refractivity contribution >= 4 is 71.6 Å². The number of rotatable bonds is 15. The first-order valence-corrected chi connectivity index (χ1v) is 23.7. The van der Waals surface area contributed by atoms with Crippen molar-refractivity contribution in [2.24, 2.45) is 0 Å². The predicted octanol–water partition coefficient (Wildman–Crippen LogP) is 5.74. The Morgan fingerprint density at radius 1 is 0.362 bits per heavy atom. The first-order chi connectivity index (χ1) is 37.5. The van der Waals surface area contributed by atoms with Crippen molar-refractivity contribution in [1.29, 1.82) is 0 Å². The summed E-state index contributed by atoms with van der Waals surface area (Å²) in [5.41, 5.74) is -1.03. The molecule has 0 saturated carbocycles. The van der Waals surface area contributed by atoms with E-state index in [0.717, 1.165) is 126 Å². The molecule has 2 aliphatic rings. The lowest BCUT2D eigenvalue weighted by molar-refractivity contribution is -0.154. The number of hydrogen-bond donors (Lipinski definition) is 0. The number of benzene rings is 4. The van der Waals surface area contributed by atoms with Crippen molar-refractivity contribution in [2.75, 3.05) is 0 Å². The van der Waals surface area contributed by atoms with E-state index >= 15 is 0 Å². The lowest BCUT2D eigenvalue weighted by atomic mass is 9.77. The molecular formula is C54H50O26. The van der Waals surface area contributed by atoms with Gasteiger partial charge in [-0.2, -0.15) is 0 Å². The summed E-state index contributed by atoms with van der Waals surface area (Å²) in [5.74, 6) is -19.0. The molecule has 0 bridgehead atoms. The van der Waals surface area contributed by atoms with Crippen molar-refractivity contribution in [2.45, 2.75) is 120 Å². The minimum absolute atomic E-state index is 0.123. The third-order valence-corrected chi connectivity index (χ3v) is 10.8. The number of ether oxygens (including phenoxy) is 14. The SMILES string of the molecule is CC(=O)Oc1cc(OC(C)=O)c2c(c1)O[C@H](c1cc(OC(C)=O)c(OC(C)=O)c(OC(C)=O)c1)[C@H](OC(C)=O)[C@H]2c1c(OC(C)=O)cc(OC(C)=O)c2c1O[C@H](c1cc(OC(C)=O)c(OC(C)=O)c(OC(C)=O)c1)[C@@H](OC(C)=O)C2. The topological polar surface area (TPSA) is 334 Å². The second kappa shape index (κ2) is 24.6. The average molecular weight is 1110 g/mol. The van der Waals surface area contributed by atoms with Gasteiger partial charge in [0, 0.05) is 136 Å². The van der Waals surface area contributed by atoms with E-state index in [1.807, 2.05) is 0 Å². The highest BCUT2D eigenvalue weighted by Gasteiger charge is 2.51. The van der Waals surface area contributed by atoms with Gasteiger partial charge in [0.1, 0.15) is 40.6 Å². The van der Waals surface area contributed by atoms with Gasteiger partial charge in [0.15, 0.2) is 41.3 Å². The molecule has 4 aromatic carbocycles. The second-order valence-corrected chi connectivity index (χ2v) is 17.5. The van der Waals surface area contributed by atoms with Gasteiger partial charge < -0.3 is 66.3 Å². The molecule has 2 aliphatic heterocycles.